The van der Waals surface area contributed by atoms with Crippen molar-refractivity contribution >= 4 is 5.91 Å². The number of hydrogen-bond acceptors (Lipinski definition) is 2. The minimum absolute atomic E-state index is 0.161. The van der Waals surface area contributed by atoms with E-state index in [9.17, 15) is 4.79 Å². The maximum Gasteiger partial charge on any atom is 0.275 e. The van der Waals surface area contributed by atoms with Gasteiger partial charge in [-0.2, -0.15) is 0 Å². The largest absolute Gasteiger partial charge is 0.496 e. The summed E-state index contributed by atoms with van der Waals surface area (Å²) in [4.78, 5) is 13.4. The zero-order chi connectivity index (χ0) is 15.1. The maximum atomic E-state index is 12.0. The van der Waals surface area contributed by atoms with Crippen LogP contribution in [0.2, 0.25) is 0 Å². The third-order valence-electron chi connectivity index (χ3n) is 4.18. The lowest BCUT2D eigenvalue weighted by molar-refractivity contribution is -0.900. The van der Waals surface area contributed by atoms with Gasteiger partial charge in [0, 0.05) is 12.5 Å². The second-order valence-corrected chi connectivity index (χ2v) is 6.04. The van der Waals surface area contributed by atoms with Crippen molar-refractivity contribution in [3.8, 4) is 5.75 Å². The van der Waals surface area contributed by atoms with Crippen LogP contribution in [-0.2, 0) is 11.2 Å². The molecule has 1 saturated heterocycles. The Bertz CT molecular complexity index is 462. The molecule has 0 aromatic heterocycles. The lowest BCUT2D eigenvalue weighted by Crippen LogP contribution is -3.14. The monoisotopic (exact) mass is 291 g/mol. The van der Waals surface area contributed by atoms with E-state index in [4.69, 9.17) is 4.74 Å². The van der Waals surface area contributed by atoms with Crippen LogP contribution >= 0.6 is 0 Å². The van der Waals surface area contributed by atoms with Crippen LogP contribution in [0.4, 0.5) is 0 Å². The molecule has 1 heterocycles. The van der Waals surface area contributed by atoms with Gasteiger partial charge in [-0.05, 0) is 30.9 Å². The molecule has 1 aliphatic rings. The van der Waals surface area contributed by atoms with Crippen LogP contribution in [-0.4, -0.2) is 39.2 Å². The quantitative estimate of drug-likeness (QED) is 0.809. The number of ether oxygens (including phenoxy) is 1. The van der Waals surface area contributed by atoms with Crippen LogP contribution < -0.4 is 15.0 Å². The summed E-state index contributed by atoms with van der Waals surface area (Å²) in [7, 11) is 1.68. The van der Waals surface area contributed by atoms with E-state index in [0.717, 1.165) is 36.7 Å². The average molecular weight is 291 g/mol. The lowest BCUT2D eigenvalue weighted by atomic mass is 10.0. The number of quaternary nitrogens is 1. The molecule has 0 radical (unpaired) electrons. The fourth-order valence-electron chi connectivity index (χ4n) is 3.09. The molecule has 0 aliphatic carbocycles. The van der Waals surface area contributed by atoms with E-state index in [1.165, 1.54) is 17.7 Å². The van der Waals surface area contributed by atoms with Gasteiger partial charge >= 0.3 is 0 Å². The van der Waals surface area contributed by atoms with Crippen LogP contribution in [0.5, 0.6) is 5.75 Å². The number of likely N-dealkylation sites (tertiary alicyclic amines) is 1. The van der Waals surface area contributed by atoms with Crippen LogP contribution in [0, 0.1) is 5.92 Å². The first kappa shape index (κ1) is 15.8. The van der Waals surface area contributed by atoms with Crippen molar-refractivity contribution in [2.75, 3.05) is 33.3 Å². The molecule has 4 nitrogen and oxygen atoms in total. The second kappa shape index (κ2) is 8.03. The molecule has 1 unspecified atom stereocenters. The van der Waals surface area contributed by atoms with E-state index in [0.29, 0.717) is 13.1 Å². The standard InChI is InChI=1S/C17H26N2O2/c1-14-6-5-11-19(12-14)13-17(20)18-10-9-15-7-3-4-8-16(15)21-2/h3-4,7-8,14H,5-6,9-13H2,1-2H3,(H,18,20)/p+1/t14-/m0/s1. The highest BCUT2D eigenvalue weighted by atomic mass is 16.5. The van der Waals surface area contributed by atoms with E-state index in [1.54, 1.807) is 7.11 Å². The van der Waals surface area contributed by atoms with Gasteiger partial charge in [0.1, 0.15) is 5.75 Å². The summed E-state index contributed by atoms with van der Waals surface area (Å²) in [5.74, 6) is 1.80. The molecule has 0 spiro atoms. The molecule has 2 atom stereocenters. The summed E-state index contributed by atoms with van der Waals surface area (Å²) < 4.78 is 5.32. The Hall–Kier alpha value is -1.55. The van der Waals surface area contributed by atoms with Gasteiger partial charge < -0.3 is 15.0 Å². The predicted molar refractivity (Wildman–Crippen MR) is 83.7 cm³/mol. The minimum atomic E-state index is 0.161. The number of piperidine rings is 1. The van der Waals surface area contributed by atoms with Crippen molar-refractivity contribution in [3.05, 3.63) is 29.8 Å². The van der Waals surface area contributed by atoms with Gasteiger partial charge in [0.25, 0.3) is 5.91 Å². The van der Waals surface area contributed by atoms with Gasteiger partial charge in [-0.25, -0.2) is 0 Å². The highest BCUT2D eigenvalue weighted by Gasteiger charge is 2.21. The van der Waals surface area contributed by atoms with Crippen LogP contribution in [0.25, 0.3) is 0 Å². The Labute approximate surface area is 127 Å². The van der Waals surface area contributed by atoms with E-state index in [1.807, 2.05) is 24.3 Å². The molecule has 1 aromatic rings. The smallest absolute Gasteiger partial charge is 0.275 e. The first-order valence-electron chi connectivity index (χ1n) is 7.91. The van der Waals surface area contributed by atoms with Gasteiger partial charge in [0.05, 0.1) is 20.2 Å². The number of carbonyl (C=O) groups is 1. The van der Waals surface area contributed by atoms with Crippen LogP contribution in [0.15, 0.2) is 24.3 Å². The van der Waals surface area contributed by atoms with Crippen LogP contribution in [0.1, 0.15) is 25.3 Å². The van der Waals surface area contributed by atoms with Gasteiger partial charge in [-0.15, -0.1) is 0 Å². The molecule has 0 bridgehead atoms. The molecule has 0 saturated carbocycles. The third kappa shape index (κ3) is 5.05. The SMILES string of the molecule is COc1ccccc1CCNC(=O)C[NH+]1CCC[C@H](C)C1. The highest BCUT2D eigenvalue weighted by Crippen LogP contribution is 2.17. The fraction of sp³-hybridized carbons (Fsp3) is 0.588. The first-order valence-corrected chi connectivity index (χ1v) is 7.91. The van der Waals surface area contributed by atoms with Crippen molar-refractivity contribution in [3.63, 3.8) is 0 Å². The molecule has 1 aliphatic heterocycles. The van der Waals surface area contributed by atoms with Crippen molar-refractivity contribution in [1.29, 1.82) is 0 Å². The Morgan fingerprint density at radius 1 is 1.43 bits per heavy atom. The number of rotatable bonds is 6. The average Bonchev–Trinajstić information content (AvgIpc) is 2.47. The molecule has 1 amide bonds. The van der Waals surface area contributed by atoms with Gasteiger partial charge in [-0.3, -0.25) is 4.79 Å². The maximum absolute atomic E-state index is 12.0. The Kier molecular flexibility index (Phi) is 6.05. The van der Waals surface area contributed by atoms with Crippen LogP contribution in [0.3, 0.4) is 0 Å². The predicted octanol–water partition coefficient (Wildman–Crippen LogP) is 0.669. The molecule has 1 fully saturated rings. The summed E-state index contributed by atoms with van der Waals surface area (Å²) in [5, 5.41) is 3.03. The Morgan fingerprint density at radius 3 is 3.00 bits per heavy atom. The van der Waals surface area contributed by atoms with E-state index in [2.05, 4.69) is 12.2 Å². The zero-order valence-electron chi connectivity index (χ0n) is 13.2. The number of para-hydroxylation sites is 1. The van der Waals surface area contributed by atoms with E-state index < -0.39 is 0 Å². The van der Waals surface area contributed by atoms with Crippen molar-refractivity contribution in [2.24, 2.45) is 5.92 Å². The van der Waals surface area contributed by atoms with E-state index >= 15 is 0 Å². The lowest BCUT2D eigenvalue weighted by Gasteiger charge is -2.27. The van der Waals surface area contributed by atoms with Gasteiger partial charge in [0.2, 0.25) is 0 Å². The second-order valence-electron chi connectivity index (χ2n) is 6.04. The van der Waals surface area contributed by atoms with Crippen molar-refractivity contribution in [2.45, 2.75) is 26.2 Å². The molecule has 2 N–H and O–H groups in total. The van der Waals surface area contributed by atoms with Crippen molar-refractivity contribution in [1.82, 2.24) is 5.32 Å². The summed E-state index contributed by atoms with van der Waals surface area (Å²) in [6.45, 7) is 5.81. The normalized spacial score (nSPS) is 21.8. The third-order valence-corrected chi connectivity index (χ3v) is 4.18. The molecule has 1 aromatic carbocycles. The number of nitrogens with one attached hydrogen (secondary N) is 2. The summed E-state index contributed by atoms with van der Waals surface area (Å²) in [6.07, 6.45) is 3.35. The number of benzene rings is 1. The highest BCUT2D eigenvalue weighted by molar-refractivity contribution is 5.76. The summed E-state index contributed by atoms with van der Waals surface area (Å²) in [6, 6.07) is 7.96. The first-order chi connectivity index (χ1) is 10.2. The molecule has 2 rings (SSSR count). The molecular weight excluding hydrogens is 264 g/mol. The van der Waals surface area contributed by atoms with Gasteiger partial charge in [-0.1, -0.05) is 25.1 Å². The van der Waals surface area contributed by atoms with Crippen molar-refractivity contribution < 1.29 is 14.4 Å². The molecular formula is C17H27N2O2+. The summed E-state index contributed by atoms with van der Waals surface area (Å²) in [5.41, 5.74) is 1.14. The number of hydrogen-bond donors (Lipinski definition) is 2. The molecule has 116 valence electrons. The topological polar surface area (TPSA) is 42.8 Å². The number of methoxy groups -OCH3 is 1. The number of carbonyl (C=O) groups excluding carboxylic acids is 1. The fourth-order valence-corrected chi connectivity index (χ4v) is 3.09. The Balaban J connectivity index is 1.71. The van der Waals surface area contributed by atoms with E-state index in [-0.39, 0.29) is 5.91 Å². The molecule has 21 heavy (non-hydrogen) atoms. The Morgan fingerprint density at radius 2 is 2.24 bits per heavy atom. The number of amides is 1. The minimum Gasteiger partial charge on any atom is -0.496 e. The summed E-state index contributed by atoms with van der Waals surface area (Å²) >= 11 is 0. The molecule has 4 heteroatoms. The zero-order valence-corrected chi connectivity index (χ0v) is 13.2. The van der Waals surface area contributed by atoms with Gasteiger partial charge in [0.15, 0.2) is 6.54 Å².